The summed E-state index contributed by atoms with van der Waals surface area (Å²) < 4.78 is 37.3. The molecule has 0 aliphatic carbocycles. The first-order valence-corrected chi connectivity index (χ1v) is 6.32. The van der Waals surface area contributed by atoms with Gasteiger partial charge in [-0.1, -0.05) is 12.1 Å². The molecule has 1 aliphatic heterocycles. The summed E-state index contributed by atoms with van der Waals surface area (Å²) in [5.74, 6) is -2.23. The molecule has 1 heterocycles. The molecule has 2 rings (SSSR count). The zero-order valence-corrected chi connectivity index (χ0v) is 11.0. The first kappa shape index (κ1) is 14.6. The Labute approximate surface area is 114 Å². The van der Waals surface area contributed by atoms with Crippen LogP contribution >= 0.6 is 0 Å². The van der Waals surface area contributed by atoms with Crippen LogP contribution < -0.4 is 0 Å². The number of aryl methyl sites for hydroxylation is 1. The van der Waals surface area contributed by atoms with Gasteiger partial charge in [0, 0.05) is 24.2 Å². The first-order valence-electron chi connectivity index (χ1n) is 6.32. The Morgan fingerprint density at radius 1 is 1.15 bits per heavy atom. The van der Waals surface area contributed by atoms with E-state index in [2.05, 4.69) is 0 Å². The first-order chi connectivity index (χ1) is 9.30. The minimum atomic E-state index is -4.93. The number of carbonyl (C=O) groups excluding carboxylic acids is 2. The number of hydrogen-bond acceptors (Lipinski definition) is 2. The van der Waals surface area contributed by atoms with Crippen LogP contribution in [0.2, 0.25) is 0 Å². The highest BCUT2D eigenvalue weighted by Crippen LogP contribution is 2.24. The largest absolute Gasteiger partial charge is 0.454 e. The van der Waals surface area contributed by atoms with Gasteiger partial charge in [0.1, 0.15) is 0 Å². The summed E-state index contributed by atoms with van der Waals surface area (Å²) in [6.45, 7) is 2.86. The Bertz CT molecular complexity index is 546. The zero-order valence-electron chi connectivity index (χ0n) is 11.0. The van der Waals surface area contributed by atoms with E-state index in [0.29, 0.717) is 18.7 Å². The molecule has 1 aromatic rings. The molecule has 0 radical (unpaired) electrons. The number of hydrogen-bond donors (Lipinski definition) is 0. The fraction of sp³-hybridized carbons (Fsp3) is 0.429. The lowest BCUT2D eigenvalue weighted by Gasteiger charge is -2.17. The summed E-state index contributed by atoms with van der Waals surface area (Å²) in [6, 6.07) is 3.53. The van der Waals surface area contributed by atoms with E-state index in [-0.39, 0.29) is 11.5 Å². The molecule has 1 fully saturated rings. The zero-order chi connectivity index (χ0) is 14.9. The van der Waals surface area contributed by atoms with Crippen LogP contribution in [0.1, 0.15) is 39.1 Å². The number of Topliss-reactive ketones (excluding diaryl/α,β-unsaturated/α-hetero) is 1. The predicted molar refractivity (Wildman–Crippen MR) is 66.7 cm³/mol. The van der Waals surface area contributed by atoms with Crippen molar-refractivity contribution in [3.05, 3.63) is 34.9 Å². The van der Waals surface area contributed by atoms with Crippen LogP contribution in [-0.4, -0.2) is 35.9 Å². The van der Waals surface area contributed by atoms with Crippen LogP contribution in [0.3, 0.4) is 0 Å². The highest BCUT2D eigenvalue weighted by Gasteiger charge is 2.39. The Morgan fingerprint density at radius 2 is 1.75 bits per heavy atom. The molecule has 20 heavy (non-hydrogen) atoms. The Hall–Kier alpha value is -1.85. The average Bonchev–Trinajstić information content (AvgIpc) is 2.90. The Morgan fingerprint density at radius 3 is 2.30 bits per heavy atom. The third-order valence-electron chi connectivity index (χ3n) is 3.38. The predicted octanol–water partition coefficient (Wildman–Crippen LogP) is 2.98. The molecule has 1 saturated heterocycles. The van der Waals surface area contributed by atoms with Crippen LogP contribution in [0, 0.1) is 6.92 Å². The van der Waals surface area contributed by atoms with E-state index in [1.54, 1.807) is 11.8 Å². The number of ketones is 1. The maximum absolute atomic E-state index is 12.4. The molecule has 1 aromatic carbocycles. The molecular weight excluding hydrogens is 271 g/mol. The number of benzene rings is 1. The minimum absolute atomic E-state index is 0.169. The van der Waals surface area contributed by atoms with E-state index in [9.17, 15) is 22.8 Å². The molecule has 108 valence electrons. The maximum Gasteiger partial charge on any atom is 0.454 e. The van der Waals surface area contributed by atoms with Crippen molar-refractivity contribution in [3.8, 4) is 0 Å². The van der Waals surface area contributed by atoms with Crippen LogP contribution in [0.15, 0.2) is 18.2 Å². The number of alkyl halides is 3. The van der Waals surface area contributed by atoms with E-state index in [4.69, 9.17) is 0 Å². The lowest BCUT2D eigenvalue weighted by atomic mass is 10.0. The van der Waals surface area contributed by atoms with Gasteiger partial charge in [-0.3, -0.25) is 9.59 Å². The van der Waals surface area contributed by atoms with Crippen LogP contribution in [0.25, 0.3) is 0 Å². The number of rotatable bonds is 2. The quantitative estimate of drug-likeness (QED) is 0.783. The van der Waals surface area contributed by atoms with Crippen molar-refractivity contribution >= 4 is 11.7 Å². The number of amides is 1. The van der Waals surface area contributed by atoms with E-state index >= 15 is 0 Å². The van der Waals surface area contributed by atoms with Crippen molar-refractivity contribution in [1.82, 2.24) is 4.90 Å². The summed E-state index contributed by atoms with van der Waals surface area (Å²) in [5.41, 5.74) is 0.244. The topological polar surface area (TPSA) is 37.4 Å². The fourth-order valence-corrected chi connectivity index (χ4v) is 2.25. The second kappa shape index (κ2) is 5.26. The minimum Gasteiger partial charge on any atom is -0.339 e. The number of nitrogens with zero attached hydrogens (tertiary/aromatic N) is 1. The highest BCUT2D eigenvalue weighted by molar-refractivity contribution is 6.03. The van der Waals surface area contributed by atoms with Crippen molar-refractivity contribution < 1.29 is 22.8 Å². The molecule has 0 N–H and O–H groups in total. The molecule has 0 unspecified atom stereocenters. The van der Waals surface area contributed by atoms with E-state index in [1.807, 2.05) is 0 Å². The highest BCUT2D eigenvalue weighted by atomic mass is 19.4. The Kier molecular flexibility index (Phi) is 3.83. The number of likely N-dealkylation sites (tertiary alicyclic amines) is 1. The molecule has 0 spiro atoms. The third-order valence-corrected chi connectivity index (χ3v) is 3.38. The second-order valence-corrected chi connectivity index (χ2v) is 4.86. The van der Waals surface area contributed by atoms with Gasteiger partial charge in [0.2, 0.25) is 0 Å². The van der Waals surface area contributed by atoms with Crippen molar-refractivity contribution in [3.63, 3.8) is 0 Å². The van der Waals surface area contributed by atoms with Crippen molar-refractivity contribution in [2.24, 2.45) is 0 Å². The Balaban J connectivity index is 2.34. The molecule has 1 amide bonds. The SMILES string of the molecule is Cc1ccc(C(=O)C(F)(F)F)cc1C(=O)N1CCCC1. The molecule has 0 bridgehead atoms. The number of halogens is 3. The van der Waals surface area contributed by atoms with Gasteiger partial charge in [-0.15, -0.1) is 0 Å². The van der Waals surface area contributed by atoms with Crippen molar-refractivity contribution in [1.29, 1.82) is 0 Å². The summed E-state index contributed by atoms with van der Waals surface area (Å²) in [5, 5.41) is 0. The molecule has 6 heteroatoms. The lowest BCUT2D eigenvalue weighted by molar-refractivity contribution is -0.0885. The van der Waals surface area contributed by atoms with E-state index in [0.717, 1.165) is 25.0 Å². The summed E-state index contributed by atoms with van der Waals surface area (Å²) >= 11 is 0. The summed E-state index contributed by atoms with van der Waals surface area (Å²) in [6.07, 6.45) is -3.14. The average molecular weight is 285 g/mol. The van der Waals surface area contributed by atoms with Crippen LogP contribution in [0.4, 0.5) is 13.2 Å². The third kappa shape index (κ3) is 2.84. The monoisotopic (exact) mass is 285 g/mol. The molecule has 0 atom stereocenters. The van der Waals surface area contributed by atoms with Gasteiger partial charge >= 0.3 is 6.18 Å². The fourth-order valence-electron chi connectivity index (χ4n) is 2.25. The van der Waals surface area contributed by atoms with Gasteiger partial charge in [0.25, 0.3) is 11.7 Å². The summed E-state index contributed by atoms with van der Waals surface area (Å²) in [4.78, 5) is 25.1. The maximum atomic E-state index is 12.4. The number of carbonyl (C=O) groups is 2. The molecule has 3 nitrogen and oxygen atoms in total. The second-order valence-electron chi connectivity index (χ2n) is 4.86. The molecular formula is C14H14F3NO2. The van der Waals surface area contributed by atoms with Gasteiger partial charge < -0.3 is 4.90 Å². The van der Waals surface area contributed by atoms with Crippen LogP contribution in [0.5, 0.6) is 0 Å². The van der Waals surface area contributed by atoms with Gasteiger partial charge in [0.15, 0.2) is 0 Å². The van der Waals surface area contributed by atoms with Crippen molar-refractivity contribution in [2.75, 3.05) is 13.1 Å². The van der Waals surface area contributed by atoms with Gasteiger partial charge in [-0.2, -0.15) is 13.2 Å². The summed E-state index contributed by atoms with van der Waals surface area (Å²) in [7, 11) is 0. The van der Waals surface area contributed by atoms with E-state index in [1.165, 1.54) is 6.07 Å². The van der Waals surface area contributed by atoms with Gasteiger partial charge in [-0.25, -0.2) is 0 Å². The normalized spacial score (nSPS) is 15.5. The van der Waals surface area contributed by atoms with Gasteiger partial charge in [-0.05, 0) is 31.4 Å². The standard InChI is InChI=1S/C14H14F3NO2/c1-9-4-5-10(12(19)14(15,16)17)8-11(9)13(20)18-6-2-3-7-18/h4-5,8H,2-3,6-7H2,1H3. The molecule has 0 saturated carbocycles. The van der Waals surface area contributed by atoms with E-state index < -0.39 is 17.5 Å². The van der Waals surface area contributed by atoms with Gasteiger partial charge in [0.05, 0.1) is 0 Å². The molecule has 0 aromatic heterocycles. The lowest BCUT2D eigenvalue weighted by Crippen LogP contribution is -2.29. The smallest absolute Gasteiger partial charge is 0.339 e. The van der Waals surface area contributed by atoms with Crippen LogP contribution in [-0.2, 0) is 0 Å². The molecule has 1 aliphatic rings. The van der Waals surface area contributed by atoms with Crippen molar-refractivity contribution in [2.45, 2.75) is 25.9 Å².